The first-order valence-electron chi connectivity index (χ1n) is 6.03. The third kappa shape index (κ3) is 3.15. The number of carbonyl (C=O) groups is 1. The molecule has 0 amide bonds. The largest absolute Gasteiger partial charge is 0.480 e. The summed E-state index contributed by atoms with van der Waals surface area (Å²) < 4.78 is 0. The minimum Gasteiger partial charge on any atom is -0.480 e. The molecule has 1 fully saturated rings. The Labute approximate surface area is 100 Å². The van der Waals surface area contributed by atoms with Crippen molar-refractivity contribution < 1.29 is 9.90 Å². The molecule has 2 N–H and O–H groups in total. The zero-order valence-corrected chi connectivity index (χ0v) is 9.67. The van der Waals surface area contributed by atoms with Crippen molar-refractivity contribution in [3.63, 3.8) is 0 Å². The smallest absolute Gasteiger partial charge is 0.326 e. The maximum absolute atomic E-state index is 11.3. The topological polar surface area (TPSA) is 75.1 Å². The van der Waals surface area contributed by atoms with Gasteiger partial charge in [-0.25, -0.2) is 14.8 Å². The molecule has 1 aromatic rings. The van der Waals surface area contributed by atoms with Gasteiger partial charge in [0, 0.05) is 6.20 Å². The molecule has 0 saturated heterocycles. The van der Waals surface area contributed by atoms with Gasteiger partial charge in [0.15, 0.2) is 0 Å². The average Bonchev–Trinajstić information content (AvgIpc) is 2.38. The van der Waals surface area contributed by atoms with Crippen molar-refractivity contribution in [1.82, 2.24) is 9.97 Å². The van der Waals surface area contributed by atoms with Crippen LogP contribution in [0.15, 0.2) is 18.6 Å². The van der Waals surface area contributed by atoms with Gasteiger partial charge in [-0.3, -0.25) is 0 Å². The van der Waals surface area contributed by atoms with Crippen LogP contribution >= 0.6 is 0 Å². The van der Waals surface area contributed by atoms with Crippen LogP contribution in [0.2, 0.25) is 0 Å². The van der Waals surface area contributed by atoms with Gasteiger partial charge in [-0.2, -0.15) is 0 Å². The van der Waals surface area contributed by atoms with Gasteiger partial charge in [0.25, 0.3) is 0 Å². The molecule has 92 valence electrons. The second kappa shape index (κ2) is 5.61. The highest BCUT2D eigenvalue weighted by Crippen LogP contribution is 2.28. The molecular weight excluding hydrogens is 218 g/mol. The molecule has 0 radical (unpaired) electrons. The number of hydrogen-bond donors (Lipinski definition) is 2. The van der Waals surface area contributed by atoms with E-state index in [9.17, 15) is 9.90 Å². The molecular formula is C12H17N3O2. The molecule has 0 aromatic carbocycles. The number of aromatic nitrogens is 2. The summed E-state index contributed by atoms with van der Waals surface area (Å²) in [5.74, 6) is -0.00954. The highest BCUT2D eigenvalue weighted by atomic mass is 16.4. The summed E-state index contributed by atoms with van der Waals surface area (Å²) in [6.07, 6.45) is 8.46. The van der Waals surface area contributed by atoms with Crippen LogP contribution in [0.3, 0.4) is 0 Å². The number of carboxylic acids is 1. The summed E-state index contributed by atoms with van der Waals surface area (Å²) >= 11 is 0. The number of nitrogens with zero attached hydrogens (tertiary/aromatic N) is 2. The lowest BCUT2D eigenvalue weighted by atomic mass is 9.84. The van der Waals surface area contributed by atoms with Gasteiger partial charge in [0.05, 0.1) is 0 Å². The molecule has 1 heterocycles. The second-order valence-corrected chi connectivity index (χ2v) is 4.45. The Bertz CT molecular complexity index is 363. The van der Waals surface area contributed by atoms with Crippen molar-refractivity contribution in [2.75, 3.05) is 5.32 Å². The predicted molar refractivity (Wildman–Crippen MR) is 63.7 cm³/mol. The summed E-state index contributed by atoms with van der Waals surface area (Å²) in [6.45, 7) is 0. The zero-order chi connectivity index (χ0) is 12.1. The zero-order valence-electron chi connectivity index (χ0n) is 9.67. The molecule has 5 nitrogen and oxygen atoms in total. The normalized spacial score (nSPS) is 18.6. The Hall–Kier alpha value is -1.65. The molecule has 0 bridgehead atoms. The number of carboxylic acid groups (broad SMARTS) is 1. The fourth-order valence-corrected chi connectivity index (χ4v) is 2.38. The molecule has 2 rings (SSSR count). The standard InChI is InChI=1S/C12H17N3O2/c16-12(17)11(9-4-2-1-3-5-9)15-10-6-7-13-8-14-10/h6-9,11H,1-5H2,(H,16,17)(H,13,14,15). The van der Waals surface area contributed by atoms with Crippen molar-refractivity contribution >= 4 is 11.8 Å². The molecule has 5 heteroatoms. The van der Waals surface area contributed by atoms with Gasteiger partial charge in [-0.15, -0.1) is 0 Å². The highest BCUT2D eigenvalue weighted by molar-refractivity contribution is 5.77. The Morgan fingerprint density at radius 1 is 1.41 bits per heavy atom. The van der Waals surface area contributed by atoms with Crippen LogP contribution in [0.25, 0.3) is 0 Å². The molecule has 1 aliphatic rings. The van der Waals surface area contributed by atoms with Crippen LogP contribution in [-0.4, -0.2) is 27.1 Å². The highest BCUT2D eigenvalue weighted by Gasteiger charge is 2.29. The van der Waals surface area contributed by atoms with Crippen LogP contribution in [0.4, 0.5) is 5.82 Å². The van der Waals surface area contributed by atoms with Crippen LogP contribution < -0.4 is 5.32 Å². The Morgan fingerprint density at radius 2 is 2.18 bits per heavy atom. The fourth-order valence-electron chi connectivity index (χ4n) is 2.38. The van der Waals surface area contributed by atoms with Crippen molar-refractivity contribution in [3.8, 4) is 0 Å². The van der Waals surface area contributed by atoms with E-state index in [1.54, 1.807) is 12.3 Å². The van der Waals surface area contributed by atoms with E-state index in [1.165, 1.54) is 12.7 Å². The van der Waals surface area contributed by atoms with E-state index in [-0.39, 0.29) is 5.92 Å². The van der Waals surface area contributed by atoms with Gasteiger partial charge in [-0.1, -0.05) is 19.3 Å². The van der Waals surface area contributed by atoms with Gasteiger partial charge < -0.3 is 10.4 Å². The minimum atomic E-state index is -0.796. The SMILES string of the molecule is O=C(O)C(Nc1ccncn1)C1CCCCC1. The number of nitrogens with one attached hydrogen (secondary N) is 1. The summed E-state index contributed by atoms with van der Waals surface area (Å²) in [5, 5.41) is 12.3. The first-order valence-corrected chi connectivity index (χ1v) is 6.03. The van der Waals surface area contributed by atoms with Crippen LogP contribution in [0.1, 0.15) is 32.1 Å². The number of aliphatic carboxylic acids is 1. The summed E-state index contributed by atoms with van der Waals surface area (Å²) in [7, 11) is 0. The summed E-state index contributed by atoms with van der Waals surface area (Å²) in [5.41, 5.74) is 0. The lowest BCUT2D eigenvalue weighted by Gasteiger charge is -2.28. The van der Waals surface area contributed by atoms with Crippen LogP contribution in [0.5, 0.6) is 0 Å². The van der Waals surface area contributed by atoms with E-state index >= 15 is 0 Å². The van der Waals surface area contributed by atoms with Crippen molar-refractivity contribution in [1.29, 1.82) is 0 Å². The van der Waals surface area contributed by atoms with Crippen molar-refractivity contribution in [3.05, 3.63) is 18.6 Å². The Morgan fingerprint density at radius 3 is 2.76 bits per heavy atom. The summed E-state index contributed by atoms with van der Waals surface area (Å²) in [4.78, 5) is 19.1. The lowest BCUT2D eigenvalue weighted by Crippen LogP contribution is -2.38. The quantitative estimate of drug-likeness (QED) is 0.834. The number of rotatable bonds is 4. The van der Waals surface area contributed by atoms with E-state index < -0.39 is 12.0 Å². The van der Waals surface area contributed by atoms with Crippen molar-refractivity contribution in [2.24, 2.45) is 5.92 Å². The molecule has 1 aliphatic carbocycles. The van der Waals surface area contributed by atoms with Gasteiger partial charge in [-0.05, 0) is 24.8 Å². The number of hydrogen-bond acceptors (Lipinski definition) is 4. The van der Waals surface area contributed by atoms with Gasteiger partial charge in [0.2, 0.25) is 0 Å². The molecule has 1 unspecified atom stereocenters. The van der Waals surface area contributed by atoms with E-state index in [2.05, 4.69) is 15.3 Å². The van der Waals surface area contributed by atoms with Gasteiger partial charge in [0.1, 0.15) is 18.2 Å². The van der Waals surface area contributed by atoms with Crippen LogP contribution in [0, 0.1) is 5.92 Å². The average molecular weight is 235 g/mol. The maximum Gasteiger partial charge on any atom is 0.326 e. The lowest BCUT2D eigenvalue weighted by molar-refractivity contribution is -0.139. The molecule has 17 heavy (non-hydrogen) atoms. The molecule has 1 atom stereocenters. The fraction of sp³-hybridized carbons (Fsp3) is 0.583. The third-order valence-corrected chi connectivity index (χ3v) is 3.27. The summed E-state index contributed by atoms with van der Waals surface area (Å²) in [6, 6.07) is 1.16. The van der Waals surface area contributed by atoms with E-state index in [0.717, 1.165) is 25.7 Å². The van der Waals surface area contributed by atoms with Crippen molar-refractivity contribution in [2.45, 2.75) is 38.1 Å². The second-order valence-electron chi connectivity index (χ2n) is 4.45. The number of anilines is 1. The van der Waals surface area contributed by atoms with E-state index in [4.69, 9.17) is 0 Å². The molecule has 0 aliphatic heterocycles. The first-order chi connectivity index (χ1) is 8.27. The first kappa shape index (κ1) is 11.8. The monoisotopic (exact) mass is 235 g/mol. The Balaban J connectivity index is 2.04. The maximum atomic E-state index is 11.3. The van der Waals surface area contributed by atoms with E-state index in [0.29, 0.717) is 5.82 Å². The predicted octanol–water partition coefficient (Wildman–Crippen LogP) is 1.92. The molecule has 1 aromatic heterocycles. The molecule has 1 saturated carbocycles. The third-order valence-electron chi connectivity index (χ3n) is 3.27. The minimum absolute atomic E-state index is 0.205. The Kier molecular flexibility index (Phi) is 3.90. The van der Waals surface area contributed by atoms with E-state index in [1.807, 2.05) is 0 Å². The molecule has 0 spiro atoms. The van der Waals surface area contributed by atoms with Gasteiger partial charge >= 0.3 is 5.97 Å². The van der Waals surface area contributed by atoms with Crippen LogP contribution in [-0.2, 0) is 4.79 Å².